The number of nitrogens with one attached hydrogen (secondary N) is 2. The molecule has 2 rings (SSSR count). The molecule has 0 spiro atoms. The Morgan fingerprint density at radius 1 is 0.838 bits per heavy atom. The van der Waals surface area contributed by atoms with Gasteiger partial charge in [-0.15, -0.1) is 0 Å². The first-order valence-electron chi connectivity index (χ1n) is 12.9. The first-order chi connectivity index (χ1) is 17.7. The minimum absolute atomic E-state index is 0.0470. The lowest BCUT2D eigenvalue weighted by Gasteiger charge is -2.33. The summed E-state index contributed by atoms with van der Waals surface area (Å²) in [6, 6.07) is 6.57. The van der Waals surface area contributed by atoms with Gasteiger partial charge in [-0.2, -0.15) is 0 Å². The van der Waals surface area contributed by atoms with Gasteiger partial charge in [-0.1, -0.05) is 38.8 Å². The predicted molar refractivity (Wildman–Crippen MR) is 136 cm³/mol. The number of ether oxygens (including phenoxy) is 2. The molecule has 0 bridgehead atoms. The summed E-state index contributed by atoms with van der Waals surface area (Å²) in [4.78, 5) is 64.9. The van der Waals surface area contributed by atoms with Gasteiger partial charge in [-0.05, 0) is 45.2 Å². The number of imide groups is 1. The normalized spacial score (nSPS) is 14.0. The molecule has 0 saturated carbocycles. The lowest BCUT2D eigenvalue weighted by Crippen LogP contribution is -2.50. The molecule has 0 fully saturated rings. The number of nitrogens with zero attached hydrogens (tertiary/aromatic N) is 2. The zero-order chi connectivity index (χ0) is 27.4. The number of carbonyl (C=O) groups is 5. The molecule has 1 heterocycles. The van der Waals surface area contributed by atoms with Crippen LogP contribution in [-0.4, -0.2) is 71.8 Å². The molecular formula is C26H38N4O7. The zero-order valence-electron chi connectivity index (χ0n) is 22.1. The van der Waals surface area contributed by atoms with E-state index in [0.29, 0.717) is 24.2 Å². The average Bonchev–Trinajstić information content (AvgIpc) is 3.09. The summed E-state index contributed by atoms with van der Waals surface area (Å²) in [5.74, 6) is -1.25. The van der Waals surface area contributed by atoms with Crippen LogP contribution in [0.4, 0.5) is 9.59 Å². The number of fused-ring (bicyclic) bond motifs is 1. The number of hydrogen-bond acceptors (Lipinski definition) is 7. The van der Waals surface area contributed by atoms with Crippen LogP contribution in [0.1, 0.15) is 86.9 Å². The number of alkyl carbamates (subject to hydrolysis) is 2. The maximum atomic E-state index is 13.2. The zero-order valence-corrected chi connectivity index (χ0v) is 22.1. The molecule has 37 heavy (non-hydrogen) atoms. The van der Waals surface area contributed by atoms with Crippen LogP contribution in [0.5, 0.6) is 0 Å². The minimum atomic E-state index is -1.04. The number of benzene rings is 1. The fraction of sp³-hybridized carbons (Fsp3) is 0.577. The first-order valence-corrected chi connectivity index (χ1v) is 12.9. The van der Waals surface area contributed by atoms with E-state index in [4.69, 9.17) is 9.47 Å². The Bertz CT molecular complexity index is 903. The molecule has 1 aromatic carbocycles. The van der Waals surface area contributed by atoms with Crippen molar-refractivity contribution in [2.45, 2.75) is 78.7 Å². The predicted octanol–water partition coefficient (Wildman–Crippen LogP) is 3.64. The van der Waals surface area contributed by atoms with Crippen molar-refractivity contribution in [3.63, 3.8) is 0 Å². The summed E-state index contributed by atoms with van der Waals surface area (Å²) < 4.78 is 10.7. The summed E-state index contributed by atoms with van der Waals surface area (Å²) in [7, 11) is 0. The molecule has 5 amide bonds. The fourth-order valence-corrected chi connectivity index (χ4v) is 3.90. The molecule has 0 aromatic heterocycles. The van der Waals surface area contributed by atoms with E-state index < -0.39 is 42.4 Å². The van der Waals surface area contributed by atoms with Gasteiger partial charge in [0, 0.05) is 26.1 Å². The Balaban J connectivity index is 2.01. The topological polar surface area (TPSA) is 134 Å². The summed E-state index contributed by atoms with van der Waals surface area (Å²) in [6.45, 7) is 7.91. The Morgan fingerprint density at radius 3 is 1.73 bits per heavy atom. The van der Waals surface area contributed by atoms with Crippen LogP contribution in [-0.2, 0) is 14.3 Å². The monoisotopic (exact) mass is 518 g/mol. The molecule has 0 aliphatic carbocycles. The number of amides is 5. The van der Waals surface area contributed by atoms with Crippen molar-refractivity contribution in [1.29, 1.82) is 0 Å². The van der Waals surface area contributed by atoms with Crippen molar-refractivity contribution in [3.05, 3.63) is 35.4 Å². The van der Waals surface area contributed by atoms with Gasteiger partial charge in [-0.25, -0.2) is 9.59 Å². The lowest BCUT2D eigenvalue weighted by molar-refractivity contribution is -0.156. The number of hydrogen-bond donors (Lipinski definition) is 2. The van der Waals surface area contributed by atoms with Gasteiger partial charge < -0.3 is 20.1 Å². The molecule has 0 radical (unpaired) electrons. The van der Waals surface area contributed by atoms with E-state index in [9.17, 15) is 24.0 Å². The largest absolute Gasteiger partial charge is 0.426 e. The maximum Gasteiger partial charge on any atom is 0.409 e. The molecule has 0 saturated heterocycles. The Morgan fingerprint density at radius 2 is 1.30 bits per heavy atom. The molecule has 2 N–H and O–H groups in total. The van der Waals surface area contributed by atoms with Gasteiger partial charge in [0.05, 0.1) is 11.1 Å². The SMILES string of the molecule is CCCCNC(=O)OC(C)N(C(=O)CCCN1C(=O)c2ccccc2C1=O)C(C)OC(=O)NCCCC. The Kier molecular flexibility index (Phi) is 11.9. The third kappa shape index (κ3) is 8.47. The van der Waals surface area contributed by atoms with Gasteiger partial charge in [0.2, 0.25) is 5.91 Å². The van der Waals surface area contributed by atoms with E-state index in [1.165, 1.54) is 18.7 Å². The van der Waals surface area contributed by atoms with Crippen LogP contribution in [0.25, 0.3) is 0 Å². The van der Waals surface area contributed by atoms with Gasteiger partial charge in [0.25, 0.3) is 11.8 Å². The second kappa shape index (κ2) is 14.8. The van der Waals surface area contributed by atoms with Crippen molar-refractivity contribution >= 4 is 29.9 Å². The van der Waals surface area contributed by atoms with Crippen molar-refractivity contribution in [2.24, 2.45) is 0 Å². The average molecular weight is 519 g/mol. The van der Waals surface area contributed by atoms with Crippen molar-refractivity contribution < 1.29 is 33.4 Å². The molecule has 1 aromatic rings. The quantitative estimate of drug-likeness (QED) is 0.218. The van der Waals surface area contributed by atoms with Crippen LogP contribution >= 0.6 is 0 Å². The molecule has 204 valence electrons. The fourth-order valence-electron chi connectivity index (χ4n) is 3.90. The molecule has 2 unspecified atom stereocenters. The van der Waals surface area contributed by atoms with Gasteiger partial charge >= 0.3 is 12.2 Å². The minimum Gasteiger partial charge on any atom is -0.426 e. The van der Waals surface area contributed by atoms with E-state index in [-0.39, 0.29) is 19.4 Å². The highest BCUT2D eigenvalue weighted by molar-refractivity contribution is 6.21. The summed E-state index contributed by atoms with van der Waals surface area (Å²) >= 11 is 0. The van der Waals surface area contributed by atoms with Crippen LogP contribution < -0.4 is 10.6 Å². The van der Waals surface area contributed by atoms with E-state index in [2.05, 4.69) is 10.6 Å². The van der Waals surface area contributed by atoms with Crippen LogP contribution in [0.15, 0.2) is 24.3 Å². The number of rotatable bonds is 14. The lowest BCUT2D eigenvalue weighted by atomic mass is 10.1. The first kappa shape index (κ1) is 29.6. The van der Waals surface area contributed by atoms with E-state index >= 15 is 0 Å². The molecule has 11 nitrogen and oxygen atoms in total. The third-order valence-corrected chi connectivity index (χ3v) is 5.88. The summed E-state index contributed by atoms with van der Waals surface area (Å²) in [6.07, 6.45) is 0.0161. The van der Waals surface area contributed by atoms with Gasteiger partial charge in [0.1, 0.15) is 0 Å². The number of carbonyl (C=O) groups excluding carboxylic acids is 5. The smallest absolute Gasteiger partial charge is 0.409 e. The van der Waals surface area contributed by atoms with Crippen LogP contribution in [0, 0.1) is 0 Å². The summed E-state index contributed by atoms with van der Waals surface area (Å²) in [5, 5.41) is 5.24. The van der Waals surface area contributed by atoms with Crippen molar-refractivity contribution in [2.75, 3.05) is 19.6 Å². The third-order valence-electron chi connectivity index (χ3n) is 5.88. The number of unbranched alkanes of at least 4 members (excludes halogenated alkanes) is 2. The van der Waals surface area contributed by atoms with E-state index in [1.807, 2.05) is 13.8 Å². The Hall–Kier alpha value is -3.63. The standard InChI is InChI=1S/C26H38N4O7/c1-5-7-15-27-25(34)36-18(3)30(19(4)37-26(35)28-16-8-6-2)22(31)14-11-17-29-23(32)20-12-9-10-13-21(20)24(29)33/h9-10,12-13,18-19H,5-8,11,14-17H2,1-4H3,(H,27,34)(H,28,35). The van der Waals surface area contributed by atoms with Crippen molar-refractivity contribution in [1.82, 2.24) is 20.4 Å². The van der Waals surface area contributed by atoms with Crippen molar-refractivity contribution in [3.8, 4) is 0 Å². The Labute approximate surface area is 217 Å². The van der Waals surface area contributed by atoms with E-state index in [1.54, 1.807) is 24.3 Å². The van der Waals surface area contributed by atoms with E-state index in [0.717, 1.165) is 30.6 Å². The summed E-state index contributed by atoms with van der Waals surface area (Å²) in [5.41, 5.74) is 0.681. The second-order valence-electron chi connectivity index (χ2n) is 8.78. The second-order valence-corrected chi connectivity index (χ2v) is 8.78. The molecule has 1 aliphatic rings. The van der Waals surface area contributed by atoms with Crippen LogP contribution in [0.2, 0.25) is 0 Å². The van der Waals surface area contributed by atoms with Gasteiger partial charge in [0.15, 0.2) is 12.5 Å². The van der Waals surface area contributed by atoms with Crippen LogP contribution in [0.3, 0.4) is 0 Å². The van der Waals surface area contributed by atoms with Gasteiger partial charge in [-0.3, -0.25) is 24.2 Å². The molecule has 1 aliphatic heterocycles. The molecular weight excluding hydrogens is 480 g/mol. The highest BCUT2D eigenvalue weighted by atomic mass is 16.6. The molecule has 2 atom stereocenters. The highest BCUT2D eigenvalue weighted by Gasteiger charge is 2.35. The molecule has 11 heteroatoms. The highest BCUT2D eigenvalue weighted by Crippen LogP contribution is 2.23. The maximum absolute atomic E-state index is 13.2.